The van der Waals surface area contributed by atoms with E-state index in [9.17, 15) is 13.2 Å². The molecule has 1 aromatic carbocycles. The van der Waals surface area contributed by atoms with Crippen molar-refractivity contribution < 1.29 is 13.2 Å². The van der Waals surface area contributed by atoms with Crippen LogP contribution in [0.25, 0.3) is 0 Å². The molecular weight excluding hydrogens is 352 g/mol. The van der Waals surface area contributed by atoms with Gasteiger partial charge in [0.05, 0.1) is 27.0 Å². The van der Waals surface area contributed by atoms with Crippen LogP contribution in [0, 0.1) is 0 Å². The molecule has 1 heterocycles. The Balaban J connectivity index is 1.92. The molecule has 0 saturated heterocycles. The second-order valence-electron chi connectivity index (χ2n) is 4.61. The normalized spacial score (nSPS) is 11.3. The number of halogens is 5. The first-order valence-electron chi connectivity index (χ1n) is 6.53. The molecule has 124 valence electrons. The zero-order chi connectivity index (χ0) is 17.0. The highest BCUT2D eigenvalue weighted by Gasteiger charge is 2.31. The molecule has 0 fully saturated rings. The van der Waals surface area contributed by atoms with Crippen LogP contribution in [0.5, 0.6) is 0 Å². The topological polar surface area (TPSA) is 63.0 Å². The molecule has 4 nitrogen and oxygen atoms in total. The number of rotatable bonds is 5. The molecule has 0 aliphatic carbocycles. The van der Waals surface area contributed by atoms with Crippen molar-refractivity contribution in [3.05, 3.63) is 46.1 Å². The SMILES string of the molecule is Nc1cccc(Cl)c1NCCNc1ncc(C(F)(F)F)cc1Cl. The van der Waals surface area contributed by atoms with E-state index in [0.29, 0.717) is 29.5 Å². The van der Waals surface area contributed by atoms with E-state index in [-0.39, 0.29) is 10.8 Å². The maximum Gasteiger partial charge on any atom is 0.417 e. The smallest absolute Gasteiger partial charge is 0.397 e. The van der Waals surface area contributed by atoms with Gasteiger partial charge >= 0.3 is 6.18 Å². The maximum atomic E-state index is 12.5. The largest absolute Gasteiger partial charge is 0.417 e. The number of nitrogens with one attached hydrogen (secondary N) is 2. The quantitative estimate of drug-likeness (QED) is 0.539. The van der Waals surface area contributed by atoms with E-state index in [1.165, 1.54) is 0 Å². The number of benzene rings is 1. The predicted octanol–water partition coefficient (Wildman–Crippen LogP) is 4.51. The lowest BCUT2D eigenvalue weighted by Crippen LogP contribution is -2.16. The minimum atomic E-state index is -4.47. The van der Waals surface area contributed by atoms with E-state index in [2.05, 4.69) is 15.6 Å². The van der Waals surface area contributed by atoms with Gasteiger partial charge in [0.15, 0.2) is 0 Å². The summed E-state index contributed by atoms with van der Waals surface area (Å²) < 4.78 is 37.5. The molecule has 2 rings (SSSR count). The van der Waals surface area contributed by atoms with Gasteiger partial charge in [0.2, 0.25) is 0 Å². The average Bonchev–Trinajstić information content (AvgIpc) is 2.46. The van der Waals surface area contributed by atoms with Crippen LogP contribution >= 0.6 is 23.2 Å². The van der Waals surface area contributed by atoms with Crippen molar-refractivity contribution in [1.29, 1.82) is 0 Å². The van der Waals surface area contributed by atoms with E-state index < -0.39 is 11.7 Å². The number of pyridine rings is 1. The van der Waals surface area contributed by atoms with Gasteiger partial charge in [-0.3, -0.25) is 0 Å². The maximum absolute atomic E-state index is 12.5. The lowest BCUT2D eigenvalue weighted by atomic mass is 10.2. The van der Waals surface area contributed by atoms with Crippen LogP contribution in [0.1, 0.15) is 5.56 Å². The highest BCUT2D eigenvalue weighted by atomic mass is 35.5. The fourth-order valence-corrected chi connectivity index (χ4v) is 2.30. The van der Waals surface area contributed by atoms with Crippen LogP contribution < -0.4 is 16.4 Å². The number of hydrogen-bond donors (Lipinski definition) is 3. The second-order valence-corrected chi connectivity index (χ2v) is 5.42. The number of para-hydroxylation sites is 1. The van der Waals surface area contributed by atoms with Gasteiger partial charge < -0.3 is 16.4 Å². The summed E-state index contributed by atoms with van der Waals surface area (Å²) >= 11 is 11.8. The Kier molecular flexibility index (Phi) is 5.43. The zero-order valence-electron chi connectivity index (χ0n) is 11.7. The number of alkyl halides is 3. The molecule has 0 saturated carbocycles. The molecule has 0 atom stereocenters. The third-order valence-electron chi connectivity index (χ3n) is 2.93. The lowest BCUT2D eigenvalue weighted by Gasteiger charge is -2.13. The molecule has 23 heavy (non-hydrogen) atoms. The minimum absolute atomic E-state index is 0.0999. The van der Waals surface area contributed by atoms with Gasteiger partial charge in [0.1, 0.15) is 5.82 Å². The summed E-state index contributed by atoms with van der Waals surface area (Å²) in [5, 5.41) is 6.26. The first-order chi connectivity index (χ1) is 10.8. The van der Waals surface area contributed by atoms with Crippen molar-refractivity contribution in [1.82, 2.24) is 4.98 Å². The van der Waals surface area contributed by atoms with Crippen molar-refractivity contribution >= 4 is 40.4 Å². The Morgan fingerprint density at radius 3 is 2.39 bits per heavy atom. The van der Waals surface area contributed by atoms with Gasteiger partial charge in [-0.2, -0.15) is 13.2 Å². The van der Waals surface area contributed by atoms with Gasteiger partial charge in [-0.15, -0.1) is 0 Å². The molecule has 4 N–H and O–H groups in total. The van der Waals surface area contributed by atoms with Crippen molar-refractivity contribution in [2.45, 2.75) is 6.18 Å². The Labute approximate surface area is 140 Å². The number of aromatic nitrogens is 1. The van der Waals surface area contributed by atoms with Gasteiger partial charge in [0.25, 0.3) is 0 Å². The molecule has 0 aliphatic heterocycles. The summed E-state index contributed by atoms with van der Waals surface area (Å²) in [5.74, 6) is 0.175. The Hall–Kier alpha value is -1.86. The highest BCUT2D eigenvalue weighted by Crippen LogP contribution is 2.32. The van der Waals surface area contributed by atoms with Crippen molar-refractivity contribution in [3.63, 3.8) is 0 Å². The first kappa shape index (κ1) is 17.5. The Bertz CT molecular complexity index is 672. The molecule has 2 aromatic rings. The summed E-state index contributed by atoms with van der Waals surface area (Å²) in [4.78, 5) is 3.68. The van der Waals surface area contributed by atoms with E-state index in [1.807, 2.05) is 0 Å². The van der Waals surface area contributed by atoms with Crippen molar-refractivity contribution in [2.24, 2.45) is 0 Å². The van der Waals surface area contributed by atoms with Crippen LogP contribution in [-0.4, -0.2) is 18.1 Å². The molecule has 0 spiro atoms. The molecular formula is C14H13Cl2F3N4. The van der Waals surface area contributed by atoms with Gasteiger partial charge in [-0.1, -0.05) is 29.3 Å². The number of nitrogens with zero attached hydrogens (tertiary/aromatic N) is 1. The average molecular weight is 365 g/mol. The minimum Gasteiger partial charge on any atom is -0.397 e. The van der Waals surface area contributed by atoms with E-state index >= 15 is 0 Å². The fraction of sp³-hybridized carbons (Fsp3) is 0.214. The summed E-state index contributed by atoms with van der Waals surface area (Å²) in [5.41, 5.74) is 6.00. The number of nitrogens with two attached hydrogens (primary N) is 1. The summed E-state index contributed by atoms with van der Waals surface area (Å²) in [6, 6.07) is 5.96. The van der Waals surface area contributed by atoms with Crippen molar-refractivity contribution in [3.8, 4) is 0 Å². The standard InChI is InChI=1S/C14H13Cl2F3N4/c15-9-2-1-3-11(20)12(9)21-4-5-22-13-10(16)6-8(7-23-13)14(17,18)19/h1-3,6-7,21H,4-5,20H2,(H,22,23). The van der Waals surface area contributed by atoms with Gasteiger partial charge in [-0.25, -0.2) is 4.98 Å². The number of nitrogen functional groups attached to an aromatic ring is 1. The third-order valence-corrected chi connectivity index (χ3v) is 3.54. The molecule has 9 heteroatoms. The van der Waals surface area contributed by atoms with Crippen LogP contribution in [0.15, 0.2) is 30.5 Å². The summed E-state index contributed by atoms with van der Waals surface area (Å²) in [6.45, 7) is 0.787. The number of hydrogen-bond acceptors (Lipinski definition) is 4. The number of anilines is 3. The van der Waals surface area contributed by atoms with E-state index in [4.69, 9.17) is 28.9 Å². The Morgan fingerprint density at radius 2 is 1.78 bits per heavy atom. The van der Waals surface area contributed by atoms with Crippen LogP contribution in [0.3, 0.4) is 0 Å². The third kappa shape index (κ3) is 4.56. The van der Waals surface area contributed by atoms with Gasteiger partial charge in [0, 0.05) is 19.3 Å². The van der Waals surface area contributed by atoms with Crippen molar-refractivity contribution in [2.75, 3.05) is 29.5 Å². The molecule has 0 bridgehead atoms. The fourth-order valence-electron chi connectivity index (χ4n) is 1.82. The Morgan fingerprint density at radius 1 is 1.09 bits per heavy atom. The van der Waals surface area contributed by atoms with Crippen LogP contribution in [-0.2, 0) is 6.18 Å². The molecule has 0 radical (unpaired) electrons. The molecule has 1 aromatic heterocycles. The highest BCUT2D eigenvalue weighted by molar-refractivity contribution is 6.34. The predicted molar refractivity (Wildman–Crippen MR) is 87.1 cm³/mol. The monoisotopic (exact) mass is 364 g/mol. The molecule has 0 amide bonds. The van der Waals surface area contributed by atoms with E-state index in [0.717, 1.165) is 12.3 Å². The zero-order valence-corrected chi connectivity index (χ0v) is 13.2. The van der Waals surface area contributed by atoms with Gasteiger partial charge in [-0.05, 0) is 18.2 Å². The molecule has 0 unspecified atom stereocenters. The van der Waals surface area contributed by atoms with Crippen LogP contribution in [0.2, 0.25) is 10.0 Å². The first-order valence-corrected chi connectivity index (χ1v) is 7.29. The summed E-state index contributed by atoms with van der Waals surface area (Å²) in [6.07, 6.45) is -3.74. The van der Waals surface area contributed by atoms with Crippen LogP contribution in [0.4, 0.5) is 30.4 Å². The molecule has 0 aliphatic rings. The summed E-state index contributed by atoms with van der Waals surface area (Å²) in [7, 11) is 0. The van der Waals surface area contributed by atoms with E-state index in [1.54, 1.807) is 18.2 Å². The lowest BCUT2D eigenvalue weighted by molar-refractivity contribution is -0.137. The second kappa shape index (κ2) is 7.14.